The summed E-state index contributed by atoms with van der Waals surface area (Å²) >= 11 is 3.33. The van der Waals surface area contributed by atoms with Crippen molar-refractivity contribution in [3.05, 3.63) is 59.6 Å². The van der Waals surface area contributed by atoms with Crippen molar-refractivity contribution < 1.29 is 13.2 Å². The third-order valence-electron chi connectivity index (χ3n) is 2.07. The van der Waals surface area contributed by atoms with Gasteiger partial charge in [-0.15, -0.1) is 0 Å². The van der Waals surface area contributed by atoms with Gasteiger partial charge in [0.25, 0.3) is 0 Å². The quantitative estimate of drug-likeness (QED) is 0.752. The summed E-state index contributed by atoms with van der Waals surface area (Å²) in [6, 6.07) is 5.23. The summed E-state index contributed by atoms with van der Waals surface area (Å²) in [4.78, 5) is -0.322. The topological polar surface area (TPSA) is 13.1 Å². The van der Waals surface area contributed by atoms with Gasteiger partial charge in [0.15, 0.2) is 0 Å². The number of hydrogen-bond donors (Lipinski definition) is 0. The van der Waals surface area contributed by atoms with Crippen LogP contribution in [0.15, 0.2) is 41.2 Å². The van der Waals surface area contributed by atoms with Crippen molar-refractivity contribution in [3.8, 4) is 0 Å². The van der Waals surface area contributed by atoms with Crippen LogP contribution in [0.1, 0.15) is 16.0 Å². The summed E-state index contributed by atoms with van der Waals surface area (Å²) in [5, 5.41) is 0. The molecule has 78 valence electrons. The second-order valence-corrected chi connectivity index (χ2v) is 4.00. The smallest absolute Gasteiger partial charge is 0.130 e. The molecule has 4 heteroatoms. The minimum absolute atomic E-state index is 0.322. The van der Waals surface area contributed by atoms with E-state index in [0.717, 1.165) is 11.6 Å². The average molecular weight is 273 g/mol. The highest BCUT2D eigenvalue weighted by Gasteiger charge is 2.15. The maximum atomic E-state index is 13.4. The Kier molecular flexibility index (Phi) is 2.86. The van der Waals surface area contributed by atoms with Crippen molar-refractivity contribution in [1.82, 2.24) is 0 Å². The highest BCUT2D eigenvalue weighted by atomic mass is 79.9. The van der Waals surface area contributed by atoms with E-state index in [9.17, 15) is 8.78 Å². The number of rotatable bonds is 2. The molecule has 0 aliphatic rings. The Bertz CT molecular complexity index is 454. The number of benzene rings is 1. The van der Waals surface area contributed by atoms with Crippen LogP contribution in [0.3, 0.4) is 0 Å². The highest BCUT2D eigenvalue weighted by molar-refractivity contribution is 9.09. The van der Waals surface area contributed by atoms with Gasteiger partial charge >= 0.3 is 0 Å². The number of hydrogen-bond acceptors (Lipinski definition) is 1. The van der Waals surface area contributed by atoms with Crippen LogP contribution >= 0.6 is 15.9 Å². The number of alkyl halides is 1. The van der Waals surface area contributed by atoms with Gasteiger partial charge < -0.3 is 4.42 Å². The van der Waals surface area contributed by atoms with Crippen LogP contribution in [0.4, 0.5) is 8.78 Å². The second-order valence-electron chi connectivity index (χ2n) is 3.09. The molecule has 2 aromatic rings. The third kappa shape index (κ3) is 2.09. The van der Waals surface area contributed by atoms with Gasteiger partial charge in [0.2, 0.25) is 0 Å². The van der Waals surface area contributed by atoms with Crippen LogP contribution in [0, 0.1) is 11.6 Å². The zero-order valence-electron chi connectivity index (χ0n) is 7.58. The molecule has 1 atom stereocenters. The van der Waals surface area contributed by atoms with Gasteiger partial charge in [0, 0.05) is 17.2 Å². The Morgan fingerprint density at radius 1 is 1.20 bits per heavy atom. The zero-order valence-corrected chi connectivity index (χ0v) is 9.17. The van der Waals surface area contributed by atoms with Crippen molar-refractivity contribution in [3.63, 3.8) is 0 Å². The fourth-order valence-electron chi connectivity index (χ4n) is 1.31. The molecule has 0 saturated heterocycles. The maximum absolute atomic E-state index is 13.4. The largest absolute Gasteiger partial charge is 0.472 e. The fourth-order valence-corrected chi connectivity index (χ4v) is 1.94. The van der Waals surface area contributed by atoms with Crippen molar-refractivity contribution in [2.24, 2.45) is 0 Å². The van der Waals surface area contributed by atoms with Crippen molar-refractivity contribution >= 4 is 15.9 Å². The Labute approximate surface area is 93.8 Å². The molecule has 0 fully saturated rings. The van der Waals surface area contributed by atoms with Gasteiger partial charge in [-0.05, 0) is 12.1 Å². The van der Waals surface area contributed by atoms with E-state index in [2.05, 4.69) is 15.9 Å². The summed E-state index contributed by atoms with van der Waals surface area (Å²) < 4.78 is 31.0. The molecule has 15 heavy (non-hydrogen) atoms. The Balaban J connectivity index is 2.38. The zero-order chi connectivity index (χ0) is 10.8. The molecule has 0 aliphatic carbocycles. The summed E-state index contributed by atoms with van der Waals surface area (Å²) in [5.74, 6) is -1.15. The van der Waals surface area contributed by atoms with Crippen LogP contribution < -0.4 is 0 Å². The SMILES string of the molecule is Fc1ccc(C(Br)c2ccoc2)c(F)c1. The first-order valence-electron chi connectivity index (χ1n) is 4.29. The molecular formula is C11H7BrF2O. The minimum atomic E-state index is -0.580. The van der Waals surface area contributed by atoms with E-state index >= 15 is 0 Å². The van der Waals surface area contributed by atoms with E-state index in [1.54, 1.807) is 6.07 Å². The first-order chi connectivity index (χ1) is 7.18. The third-order valence-corrected chi connectivity index (χ3v) is 3.09. The van der Waals surface area contributed by atoms with Crippen LogP contribution in [0.25, 0.3) is 0 Å². The van der Waals surface area contributed by atoms with E-state index in [4.69, 9.17) is 4.42 Å². The van der Waals surface area contributed by atoms with Gasteiger partial charge in [-0.1, -0.05) is 22.0 Å². The van der Waals surface area contributed by atoms with E-state index in [0.29, 0.717) is 5.56 Å². The molecule has 0 spiro atoms. The minimum Gasteiger partial charge on any atom is -0.472 e. The molecule has 0 radical (unpaired) electrons. The van der Waals surface area contributed by atoms with Gasteiger partial charge in [-0.25, -0.2) is 8.78 Å². The molecule has 2 rings (SSSR count). The standard InChI is InChI=1S/C11H7BrF2O/c12-11(7-3-4-15-6-7)9-2-1-8(13)5-10(9)14/h1-6,11H. The van der Waals surface area contributed by atoms with E-state index in [-0.39, 0.29) is 4.83 Å². The molecule has 0 aliphatic heterocycles. The lowest BCUT2D eigenvalue weighted by atomic mass is 10.1. The molecule has 0 N–H and O–H groups in total. The van der Waals surface area contributed by atoms with Crippen LogP contribution in [-0.2, 0) is 0 Å². The second kappa shape index (κ2) is 4.14. The van der Waals surface area contributed by atoms with E-state index in [1.807, 2.05) is 0 Å². The average Bonchev–Trinajstić information content (AvgIpc) is 2.69. The lowest BCUT2D eigenvalue weighted by Gasteiger charge is -2.08. The molecule has 0 saturated carbocycles. The van der Waals surface area contributed by atoms with Crippen LogP contribution in [-0.4, -0.2) is 0 Å². The summed E-state index contributed by atoms with van der Waals surface area (Å²) in [7, 11) is 0. The Hall–Kier alpha value is -1.16. The molecule has 1 nitrogen and oxygen atoms in total. The normalized spacial score (nSPS) is 12.7. The van der Waals surface area contributed by atoms with Gasteiger partial charge in [-0.2, -0.15) is 0 Å². The first kappa shape index (κ1) is 10.4. The summed E-state index contributed by atoms with van der Waals surface area (Å²) in [6.45, 7) is 0. The lowest BCUT2D eigenvalue weighted by Crippen LogP contribution is -1.95. The van der Waals surface area contributed by atoms with Gasteiger partial charge in [0.1, 0.15) is 11.6 Å². The molecule has 1 heterocycles. The van der Waals surface area contributed by atoms with E-state index in [1.165, 1.54) is 24.7 Å². The molecule has 1 aromatic carbocycles. The molecule has 0 bridgehead atoms. The van der Waals surface area contributed by atoms with E-state index < -0.39 is 11.6 Å². The monoisotopic (exact) mass is 272 g/mol. The molecular weight excluding hydrogens is 266 g/mol. The predicted octanol–water partition coefficient (Wildman–Crippen LogP) is 4.04. The fraction of sp³-hybridized carbons (Fsp3) is 0.0909. The van der Waals surface area contributed by atoms with Crippen molar-refractivity contribution in [1.29, 1.82) is 0 Å². The number of furan rings is 1. The Morgan fingerprint density at radius 3 is 2.60 bits per heavy atom. The highest BCUT2D eigenvalue weighted by Crippen LogP contribution is 2.32. The predicted molar refractivity (Wildman–Crippen MR) is 55.8 cm³/mol. The van der Waals surface area contributed by atoms with Crippen LogP contribution in [0.2, 0.25) is 0 Å². The summed E-state index contributed by atoms with van der Waals surface area (Å²) in [6.07, 6.45) is 3.02. The molecule has 0 amide bonds. The summed E-state index contributed by atoms with van der Waals surface area (Å²) in [5.41, 5.74) is 1.18. The lowest BCUT2D eigenvalue weighted by molar-refractivity contribution is 0.562. The van der Waals surface area contributed by atoms with Gasteiger partial charge in [-0.3, -0.25) is 0 Å². The molecule has 1 unspecified atom stereocenters. The maximum Gasteiger partial charge on any atom is 0.130 e. The first-order valence-corrected chi connectivity index (χ1v) is 5.21. The van der Waals surface area contributed by atoms with Gasteiger partial charge in [0.05, 0.1) is 17.4 Å². The van der Waals surface area contributed by atoms with Crippen LogP contribution in [0.5, 0.6) is 0 Å². The van der Waals surface area contributed by atoms with Crippen molar-refractivity contribution in [2.75, 3.05) is 0 Å². The number of halogens is 3. The van der Waals surface area contributed by atoms with Crippen molar-refractivity contribution in [2.45, 2.75) is 4.83 Å². The Morgan fingerprint density at radius 2 is 2.00 bits per heavy atom. The molecule has 1 aromatic heterocycles.